The third-order valence-electron chi connectivity index (χ3n) is 2.97. The number of imidazole rings is 1. The summed E-state index contributed by atoms with van der Waals surface area (Å²) in [7, 11) is 0. The fraction of sp³-hybridized carbons (Fsp3) is 0.357. The molecule has 0 radical (unpaired) electrons. The standard InChI is InChI=1S/C14H18ClN3/c1-11(12-4-6-13(15)7-5-12)16-8-2-3-14-17-9-10-18-14/h4-7,9-11,16H,2-3,8H2,1H3,(H,17,18). The van der Waals surface area contributed by atoms with E-state index in [9.17, 15) is 0 Å². The number of hydrogen-bond acceptors (Lipinski definition) is 2. The fourth-order valence-electron chi connectivity index (χ4n) is 1.88. The number of rotatable bonds is 6. The molecule has 0 amide bonds. The molecule has 0 bridgehead atoms. The van der Waals surface area contributed by atoms with Gasteiger partial charge in [-0.25, -0.2) is 4.98 Å². The van der Waals surface area contributed by atoms with Crippen LogP contribution in [0.1, 0.15) is 30.8 Å². The highest BCUT2D eigenvalue weighted by molar-refractivity contribution is 6.30. The molecule has 0 spiro atoms. The second-order valence-electron chi connectivity index (χ2n) is 4.37. The molecule has 3 nitrogen and oxygen atoms in total. The summed E-state index contributed by atoms with van der Waals surface area (Å²) in [6.45, 7) is 3.14. The smallest absolute Gasteiger partial charge is 0.106 e. The highest BCUT2D eigenvalue weighted by Crippen LogP contribution is 2.15. The lowest BCUT2D eigenvalue weighted by Gasteiger charge is -2.14. The number of aromatic nitrogens is 2. The van der Waals surface area contributed by atoms with Gasteiger partial charge in [-0.2, -0.15) is 0 Å². The van der Waals surface area contributed by atoms with Crippen molar-refractivity contribution < 1.29 is 0 Å². The lowest BCUT2D eigenvalue weighted by molar-refractivity contribution is 0.555. The van der Waals surface area contributed by atoms with Gasteiger partial charge in [-0.3, -0.25) is 0 Å². The zero-order valence-corrected chi connectivity index (χ0v) is 11.2. The highest BCUT2D eigenvalue weighted by atomic mass is 35.5. The first-order valence-electron chi connectivity index (χ1n) is 6.23. The van der Waals surface area contributed by atoms with Crippen LogP contribution >= 0.6 is 11.6 Å². The molecular weight excluding hydrogens is 246 g/mol. The van der Waals surface area contributed by atoms with Crippen molar-refractivity contribution in [2.24, 2.45) is 0 Å². The molecule has 18 heavy (non-hydrogen) atoms. The number of nitrogens with one attached hydrogen (secondary N) is 2. The number of hydrogen-bond donors (Lipinski definition) is 2. The van der Waals surface area contributed by atoms with Gasteiger partial charge in [-0.1, -0.05) is 23.7 Å². The average Bonchev–Trinajstić information content (AvgIpc) is 2.88. The first-order chi connectivity index (χ1) is 8.75. The van der Waals surface area contributed by atoms with E-state index in [0.717, 1.165) is 30.2 Å². The topological polar surface area (TPSA) is 40.7 Å². The van der Waals surface area contributed by atoms with Gasteiger partial charge in [-0.15, -0.1) is 0 Å². The van der Waals surface area contributed by atoms with E-state index in [4.69, 9.17) is 11.6 Å². The van der Waals surface area contributed by atoms with E-state index in [1.54, 1.807) is 6.20 Å². The molecule has 96 valence electrons. The maximum absolute atomic E-state index is 5.87. The lowest BCUT2D eigenvalue weighted by atomic mass is 10.1. The summed E-state index contributed by atoms with van der Waals surface area (Å²) in [6, 6.07) is 8.33. The molecule has 1 aromatic carbocycles. The molecule has 0 aliphatic carbocycles. The second-order valence-corrected chi connectivity index (χ2v) is 4.80. The maximum Gasteiger partial charge on any atom is 0.106 e. The first kappa shape index (κ1) is 13.1. The minimum absolute atomic E-state index is 0.346. The molecule has 0 aliphatic heterocycles. The van der Waals surface area contributed by atoms with Gasteiger partial charge in [0.15, 0.2) is 0 Å². The number of nitrogens with zero attached hydrogens (tertiary/aromatic N) is 1. The molecule has 1 atom stereocenters. The van der Waals surface area contributed by atoms with E-state index in [0.29, 0.717) is 6.04 Å². The summed E-state index contributed by atoms with van der Waals surface area (Å²) in [6.07, 6.45) is 5.71. The number of benzene rings is 1. The van der Waals surface area contributed by atoms with Crippen LogP contribution in [0.2, 0.25) is 5.02 Å². The van der Waals surface area contributed by atoms with Crippen LogP contribution in [0.15, 0.2) is 36.7 Å². The number of H-pyrrole nitrogens is 1. The van der Waals surface area contributed by atoms with Crippen LogP contribution < -0.4 is 5.32 Å². The van der Waals surface area contributed by atoms with E-state index < -0.39 is 0 Å². The Bertz CT molecular complexity index is 450. The molecule has 4 heteroatoms. The second kappa shape index (κ2) is 6.57. The van der Waals surface area contributed by atoms with Gasteiger partial charge in [0, 0.05) is 29.9 Å². The zero-order chi connectivity index (χ0) is 12.8. The Morgan fingerprint density at radius 2 is 2.11 bits per heavy atom. The van der Waals surface area contributed by atoms with Crippen LogP contribution in [0, 0.1) is 0 Å². The first-order valence-corrected chi connectivity index (χ1v) is 6.60. The zero-order valence-electron chi connectivity index (χ0n) is 10.5. The van der Waals surface area contributed by atoms with Gasteiger partial charge < -0.3 is 10.3 Å². The van der Waals surface area contributed by atoms with Gasteiger partial charge in [0.05, 0.1) is 0 Å². The molecule has 0 saturated heterocycles. The fourth-order valence-corrected chi connectivity index (χ4v) is 2.00. The van der Waals surface area contributed by atoms with Gasteiger partial charge in [0.2, 0.25) is 0 Å². The molecule has 2 rings (SSSR count). The highest BCUT2D eigenvalue weighted by Gasteiger charge is 2.04. The Labute approximate surface area is 113 Å². The molecule has 2 N–H and O–H groups in total. The van der Waals surface area contributed by atoms with Crippen molar-refractivity contribution in [3.63, 3.8) is 0 Å². The minimum atomic E-state index is 0.346. The quantitative estimate of drug-likeness (QED) is 0.785. The van der Waals surface area contributed by atoms with Gasteiger partial charge in [0.25, 0.3) is 0 Å². The van der Waals surface area contributed by atoms with Crippen LogP contribution in [-0.4, -0.2) is 16.5 Å². The van der Waals surface area contributed by atoms with Crippen LogP contribution in [0.25, 0.3) is 0 Å². The maximum atomic E-state index is 5.87. The van der Waals surface area contributed by atoms with E-state index >= 15 is 0 Å². The van der Waals surface area contributed by atoms with E-state index in [1.165, 1.54) is 5.56 Å². The molecule has 2 aromatic rings. The predicted octanol–water partition coefficient (Wildman–Crippen LogP) is 3.35. The van der Waals surface area contributed by atoms with Crippen LogP contribution in [0.3, 0.4) is 0 Å². The summed E-state index contributed by atoms with van der Waals surface area (Å²) >= 11 is 5.87. The SMILES string of the molecule is CC(NCCCc1ncc[nH]1)c1ccc(Cl)cc1. The number of aryl methyl sites for hydroxylation is 1. The normalized spacial score (nSPS) is 12.6. The van der Waals surface area contributed by atoms with Gasteiger partial charge >= 0.3 is 0 Å². The largest absolute Gasteiger partial charge is 0.349 e. The molecule has 0 saturated carbocycles. The van der Waals surface area contributed by atoms with E-state index in [1.807, 2.05) is 18.3 Å². The van der Waals surface area contributed by atoms with Crippen molar-refractivity contribution in [2.75, 3.05) is 6.54 Å². The summed E-state index contributed by atoms with van der Waals surface area (Å²) < 4.78 is 0. The molecule has 0 aliphatic rings. The minimum Gasteiger partial charge on any atom is -0.349 e. The molecule has 1 unspecified atom stereocenters. The van der Waals surface area contributed by atoms with Crippen molar-refractivity contribution in [1.29, 1.82) is 0 Å². The van der Waals surface area contributed by atoms with Crippen LogP contribution in [0.5, 0.6) is 0 Å². The summed E-state index contributed by atoms with van der Waals surface area (Å²) in [5, 5.41) is 4.28. The lowest BCUT2D eigenvalue weighted by Crippen LogP contribution is -2.20. The van der Waals surface area contributed by atoms with Gasteiger partial charge in [0.1, 0.15) is 5.82 Å². The average molecular weight is 264 g/mol. The Morgan fingerprint density at radius 1 is 1.33 bits per heavy atom. The van der Waals surface area contributed by atoms with Crippen molar-refractivity contribution in [2.45, 2.75) is 25.8 Å². The Morgan fingerprint density at radius 3 is 2.78 bits per heavy atom. The van der Waals surface area contributed by atoms with Crippen molar-refractivity contribution in [3.05, 3.63) is 53.1 Å². The van der Waals surface area contributed by atoms with Crippen molar-refractivity contribution >= 4 is 11.6 Å². The van der Waals surface area contributed by atoms with Gasteiger partial charge in [-0.05, 0) is 37.6 Å². The Balaban J connectivity index is 1.71. The van der Waals surface area contributed by atoms with Crippen LogP contribution in [0.4, 0.5) is 0 Å². The third-order valence-corrected chi connectivity index (χ3v) is 3.22. The third kappa shape index (κ3) is 3.86. The Hall–Kier alpha value is -1.32. The number of halogens is 1. The predicted molar refractivity (Wildman–Crippen MR) is 74.8 cm³/mol. The van der Waals surface area contributed by atoms with Crippen molar-refractivity contribution in [1.82, 2.24) is 15.3 Å². The monoisotopic (exact) mass is 263 g/mol. The summed E-state index contributed by atoms with van der Waals surface area (Å²) in [4.78, 5) is 7.31. The molecular formula is C14H18ClN3. The summed E-state index contributed by atoms with van der Waals surface area (Å²) in [5.74, 6) is 1.05. The number of aromatic amines is 1. The molecule has 1 aromatic heterocycles. The molecule has 0 fully saturated rings. The summed E-state index contributed by atoms with van der Waals surface area (Å²) in [5.41, 5.74) is 1.26. The van der Waals surface area contributed by atoms with Crippen LogP contribution in [-0.2, 0) is 6.42 Å². The molecule has 1 heterocycles. The Kier molecular flexibility index (Phi) is 4.79. The van der Waals surface area contributed by atoms with Crippen molar-refractivity contribution in [3.8, 4) is 0 Å². The van der Waals surface area contributed by atoms with E-state index in [-0.39, 0.29) is 0 Å². The van der Waals surface area contributed by atoms with E-state index in [2.05, 4.69) is 34.3 Å².